The van der Waals surface area contributed by atoms with Gasteiger partial charge < -0.3 is 11.1 Å². The molecule has 2 aromatic carbocycles. The van der Waals surface area contributed by atoms with Gasteiger partial charge in [0.1, 0.15) is 23.1 Å². The number of carbonyl (C=O) groups excluding carboxylic acids is 1. The molecular weight excluding hydrogens is 598 g/mol. The van der Waals surface area contributed by atoms with Crippen molar-refractivity contribution in [1.82, 2.24) is 9.97 Å². The summed E-state index contributed by atoms with van der Waals surface area (Å²) in [5, 5.41) is 3.25. The summed E-state index contributed by atoms with van der Waals surface area (Å²) in [6.45, 7) is 1.72. The summed E-state index contributed by atoms with van der Waals surface area (Å²) >= 11 is 0. The molecule has 1 amide bonds. The number of hydrogen-bond donors (Lipinski definition) is 2. The quantitative estimate of drug-likeness (QED) is 0.178. The third-order valence-electron chi connectivity index (χ3n) is 7.84. The van der Waals surface area contributed by atoms with Crippen molar-refractivity contribution in [1.29, 1.82) is 0 Å². The second-order valence-electron chi connectivity index (χ2n) is 10.8. The number of nitrogens with two attached hydrogens (primary N) is 1. The molecule has 8 nitrogen and oxygen atoms in total. The number of primary amides is 1. The van der Waals surface area contributed by atoms with Gasteiger partial charge in [-0.2, -0.15) is 21.6 Å². The predicted octanol–water partition coefficient (Wildman–Crippen LogP) is 5.83. The first kappa shape index (κ1) is 31.1. The first-order chi connectivity index (χ1) is 20.8. The lowest BCUT2D eigenvalue weighted by Crippen LogP contribution is -2.59. The number of amides is 1. The zero-order valence-corrected chi connectivity index (χ0v) is 24.4. The number of benzene rings is 2. The molecule has 1 fully saturated rings. The van der Waals surface area contributed by atoms with E-state index in [1.54, 1.807) is 24.4 Å². The van der Waals surface area contributed by atoms with Gasteiger partial charge in [0.25, 0.3) is 5.91 Å². The monoisotopic (exact) mass is 628 g/mol. The van der Waals surface area contributed by atoms with Crippen LogP contribution < -0.4 is 11.1 Å². The number of aromatic nitrogens is 2. The van der Waals surface area contributed by atoms with Gasteiger partial charge in [-0.15, -0.1) is 0 Å². The Morgan fingerprint density at radius 1 is 1.07 bits per heavy atom. The molecule has 3 N–H and O–H groups in total. The second kappa shape index (κ2) is 12.0. The van der Waals surface area contributed by atoms with E-state index < -0.39 is 43.4 Å². The topological polar surface area (TPSA) is 115 Å². The fourth-order valence-electron chi connectivity index (χ4n) is 5.66. The molecule has 0 aliphatic carbocycles. The van der Waals surface area contributed by atoms with Crippen LogP contribution in [0.4, 0.5) is 23.4 Å². The molecule has 2 unspecified atom stereocenters. The van der Waals surface area contributed by atoms with Crippen molar-refractivity contribution in [3.05, 3.63) is 108 Å². The number of nitrogens with one attached hydrogen (secondary N) is 1. The van der Waals surface area contributed by atoms with Crippen LogP contribution in [0, 0.1) is 5.82 Å². The van der Waals surface area contributed by atoms with Crippen LogP contribution in [0.25, 0.3) is 11.3 Å². The fraction of sp³-hybridized carbons (Fsp3) is 0.258. The van der Waals surface area contributed by atoms with Gasteiger partial charge in [-0.25, -0.2) is 13.3 Å². The maximum absolute atomic E-state index is 14.2. The number of hydrogen-bond acceptors (Lipinski definition) is 6. The van der Waals surface area contributed by atoms with Crippen molar-refractivity contribution in [3.63, 3.8) is 0 Å². The lowest BCUT2D eigenvalue weighted by atomic mass is 10.1. The standard InChI is InChI=1S/C31H29F4N5O3S/c1-20(26-5-2-3-15-37-26)38-29-18-21(17-27(39-29)22-7-9-23(10-8-22)31(33,34)35)19-40(16-4-6-28(40)30(36)41)44(42,43)25-13-11-24(32)12-14-25/h2-3,5,7-15,17-18,20,28H,4,6,16,19H2,1H3,(H2-,36,38,39,41)/p+1/t20?,28-,40?/m0/s1. The van der Waals surface area contributed by atoms with E-state index in [0.29, 0.717) is 34.8 Å². The van der Waals surface area contributed by atoms with E-state index in [0.717, 1.165) is 36.4 Å². The molecule has 1 aliphatic rings. The van der Waals surface area contributed by atoms with E-state index >= 15 is 0 Å². The number of halogens is 4. The molecule has 3 atom stereocenters. The highest BCUT2D eigenvalue weighted by Crippen LogP contribution is 2.39. The fourth-order valence-corrected chi connectivity index (χ4v) is 7.80. The molecule has 230 valence electrons. The molecule has 1 aliphatic heterocycles. The minimum atomic E-state index is -4.52. The Morgan fingerprint density at radius 2 is 1.77 bits per heavy atom. The normalized spacial score (nSPS) is 19.4. The first-order valence-electron chi connectivity index (χ1n) is 13.8. The molecule has 0 bridgehead atoms. The molecule has 5 rings (SSSR count). The van der Waals surface area contributed by atoms with E-state index in [1.807, 2.05) is 19.1 Å². The van der Waals surface area contributed by atoms with Gasteiger partial charge >= 0.3 is 16.2 Å². The maximum atomic E-state index is 14.2. The summed E-state index contributed by atoms with van der Waals surface area (Å²) in [5.41, 5.74) is 6.74. The van der Waals surface area contributed by atoms with Crippen molar-refractivity contribution in [3.8, 4) is 11.3 Å². The van der Waals surface area contributed by atoms with Gasteiger partial charge in [-0.05, 0) is 67.6 Å². The van der Waals surface area contributed by atoms with Gasteiger partial charge in [0.05, 0.1) is 29.5 Å². The number of quaternary nitrogens is 1. The number of rotatable bonds is 9. The summed E-state index contributed by atoms with van der Waals surface area (Å²) in [4.78, 5) is 21.5. The largest absolute Gasteiger partial charge is 0.416 e. The lowest BCUT2D eigenvalue weighted by Gasteiger charge is -2.37. The summed E-state index contributed by atoms with van der Waals surface area (Å²) < 4.78 is 81.2. The number of likely N-dealkylation sites (tertiary alicyclic amines) is 1. The Morgan fingerprint density at radius 3 is 2.39 bits per heavy atom. The first-order valence-corrected chi connectivity index (χ1v) is 15.3. The summed E-state index contributed by atoms with van der Waals surface area (Å²) in [5.74, 6) is -1.08. The van der Waals surface area contributed by atoms with Gasteiger partial charge in [0.2, 0.25) is 0 Å². The van der Waals surface area contributed by atoms with Crippen molar-refractivity contribution < 1.29 is 34.7 Å². The minimum absolute atomic E-state index is 0.0678. The number of sulfonamides is 1. The van der Waals surface area contributed by atoms with Crippen molar-refractivity contribution in [2.45, 2.75) is 49.5 Å². The second-order valence-corrected chi connectivity index (χ2v) is 12.9. The Bertz CT molecular complexity index is 1750. The van der Waals surface area contributed by atoms with Crippen LogP contribution in [0.1, 0.15) is 42.6 Å². The van der Waals surface area contributed by atoms with Crippen molar-refractivity contribution >= 4 is 21.7 Å². The Kier molecular flexibility index (Phi) is 8.45. The summed E-state index contributed by atoms with van der Waals surface area (Å²) in [7, 11) is -4.29. The zero-order valence-electron chi connectivity index (χ0n) is 23.6. The molecule has 0 radical (unpaired) electrons. The maximum Gasteiger partial charge on any atom is 0.416 e. The van der Waals surface area contributed by atoms with Gasteiger partial charge in [0, 0.05) is 30.2 Å². The highest BCUT2D eigenvalue weighted by Gasteiger charge is 2.55. The van der Waals surface area contributed by atoms with Crippen molar-refractivity contribution in [2.75, 3.05) is 11.9 Å². The Balaban J connectivity index is 1.62. The number of carbonyl (C=O) groups is 1. The number of anilines is 1. The van der Waals surface area contributed by atoms with Crippen LogP contribution in [0.2, 0.25) is 0 Å². The average Bonchev–Trinajstić information content (AvgIpc) is 3.43. The molecule has 2 aromatic heterocycles. The van der Waals surface area contributed by atoms with Crippen LogP contribution in [-0.4, -0.2) is 40.8 Å². The number of alkyl halides is 3. The molecule has 0 saturated carbocycles. The average molecular weight is 629 g/mol. The van der Waals surface area contributed by atoms with E-state index in [-0.39, 0.29) is 30.4 Å². The third kappa shape index (κ3) is 6.15. The van der Waals surface area contributed by atoms with Crippen LogP contribution >= 0.6 is 0 Å². The van der Waals surface area contributed by atoms with Gasteiger partial charge in [-0.1, -0.05) is 18.2 Å². The van der Waals surface area contributed by atoms with Gasteiger partial charge in [0.15, 0.2) is 6.04 Å². The smallest absolute Gasteiger partial charge is 0.364 e. The molecule has 44 heavy (non-hydrogen) atoms. The van der Waals surface area contributed by atoms with Crippen LogP contribution in [0.5, 0.6) is 0 Å². The van der Waals surface area contributed by atoms with Crippen molar-refractivity contribution in [2.24, 2.45) is 5.73 Å². The molecule has 0 spiro atoms. The SMILES string of the molecule is CC(Nc1cc(C[N+]2(S(=O)(=O)c3ccc(F)cc3)CCC[C@H]2C(N)=O)cc(-c2ccc(C(F)(F)F)cc2)n1)c1ccccn1. The number of nitrogens with zero attached hydrogens (tertiary/aromatic N) is 3. The van der Waals surface area contributed by atoms with E-state index in [4.69, 9.17) is 5.73 Å². The predicted molar refractivity (Wildman–Crippen MR) is 156 cm³/mol. The lowest BCUT2D eigenvalue weighted by molar-refractivity contribution is -0.823. The summed E-state index contributed by atoms with van der Waals surface area (Å²) in [6, 6.07) is 16.1. The third-order valence-corrected chi connectivity index (χ3v) is 10.2. The minimum Gasteiger partial charge on any atom is -0.364 e. The zero-order chi connectivity index (χ0) is 31.7. The Hall–Kier alpha value is -4.36. The van der Waals surface area contributed by atoms with Gasteiger partial charge in [-0.3, -0.25) is 9.78 Å². The highest BCUT2D eigenvalue weighted by atomic mass is 32.2. The van der Waals surface area contributed by atoms with Crippen LogP contribution in [-0.2, 0) is 27.5 Å². The molecule has 1 saturated heterocycles. The molecule has 13 heteroatoms. The van der Waals surface area contributed by atoms with E-state index in [9.17, 15) is 30.8 Å². The Labute approximate surface area is 252 Å². The highest BCUT2D eigenvalue weighted by molar-refractivity contribution is 7.86. The van der Waals surface area contributed by atoms with E-state index in [2.05, 4.69) is 15.3 Å². The van der Waals surface area contributed by atoms with E-state index in [1.165, 1.54) is 12.1 Å². The van der Waals surface area contributed by atoms with Crippen LogP contribution in [0.3, 0.4) is 0 Å². The van der Waals surface area contributed by atoms with Crippen LogP contribution in [0.15, 0.2) is 90.0 Å². The molecule has 3 heterocycles. The molecular formula is C31H30F4N5O3S+. The molecule has 4 aromatic rings. The number of pyridine rings is 2. The summed E-state index contributed by atoms with van der Waals surface area (Å²) in [6.07, 6.45) is -2.26.